The van der Waals surface area contributed by atoms with Crippen LogP contribution < -0.4 is 5.32 Å². The lowest BCUT2D eigenvalue weighted by molar-refractivity contribution is 0.462. The molecule has 1 N–H and O–H groups in total. The van der Waals surface area contributed by atoms with Crippen LogP contribution in [0.25, 0.3) is 0 Å². The van der Waals surface area contributed by atoms with Crippen molar-refractivity contribution in [2.24, 2.45) is 12.0 Å². The van der Waals surface area contributed by atoms with E-state index in [4.69, 9.17) is 11.6 Å². The fourth-order valence-corrected chi connectivity index (χ4v) is 4.29. The Morgan fingerprint density at radius 2 is 2.00 bits per heavy atom. The smallest absolute Gasteiger partial charge is 0.194 e. The summed E-state index contributed by atoms with van der Waals surface area (Å²) in [4.78, 5) is 6.93. The predicted molar refractivity (Wildman–Crippen MR) is 111 cm³/mol. The number of hydrogen-bond donors (Lipinski definition) is 1. The van der Waals surface area contributed by atoms with Gasteiger partial charge in [-0.1, -0.05) is 29.8 Å². The van der Waals surface area contributed by atoms with Crippen LogP contribution in [-0.2, 0) is 23.4 Å². The van der Waals surface area contributed by atoms with Crippen molar-refractivity contribution in [2.45, 2.75) is 24.8 Å². The first kappa shape index (κ1) is 21.3. The number of halogens is 1. The number of rotatable bonds is 8. The Labute approximate surface area is 166 Å². The Balaban J connectivity index is 1.95. The van der Waals surface area contributed by atoms with Crippen molar-refractivity contribution in [3.8, 4) is 0 Å². The molecule has 0 atom stereocenters. The number of aliphatic imine (C=N–C) groups is 1. The molecule has 27 heavy (non-hydrogen) atoms. The number of hydrogen-bond acceptors (Lipinski definition) is 3. The lowest BCUT2D eigenvalue weighted by Gasteiger charge is -2.22. The minimum atomic E-state index is -3.26. The van der Waals surface area contributed by atoms with E-state index in [0.29, 0.717) is 29.4 Å². The minimum Gasteiger partial charge on any atom is -0.357 e. The van der Waals surface area contributed by atoms with Crippen LogP contribution in [0.1, 0.15) is 19.0 Å². The zero-order valence-electron chi connectivity index (χ0n) is 16.0. The summed E-state index contributed by atoms with van der Waals surface area (Å²) in [5.74, 6) is 0.823. The maximum absolute atomic E-state index is 12.3. The first-order valence-electron chi connectivity index (χ1n) is 8.91. The summed E-state index contributed by atoms with van der Waals surface area (Å²) in [6, 6.07) is 10.5. The highest BCUT2D eigenvalue weighted by Crippen LogP contribution is 2.14. The topological polar surface area (TPSA) is 66.7 Å². The van der Waals surface area contributed by atoms with Crippen LogP contribution in [0, 0.1) is 0 Å². The van der Waals surface area contributed by atoms with Gasteiger partial charge in [-0.15, -0.1) is 0 Å². The molecule has 0 fully saturated rings. The third-order valence-electron chi connectivity index (χ3n) is 4.11. The van der Waals surface area contributed by atoms with E-state index in [0.717, 1.165) is 18.2 Å². The van der Waals surface area contributed by atoms with Crippen LogP contribution >= 0.6 is 11.6 Å². The summed E-state index contributed by atoms with van der Waals surface area (Å²) in [5, 5.41) is 3.95. The molecule has 0 bridgehead atoms. The molecule has 2 aromatic rings. The molecule has 0 aliphatic heterocycles. The van der Waals surface area contributed by atoms with E-state index < -0.39 is 9.84 Å². The molecule has 0 radical (unpaired) electrons. The third-order valence-corrected chi connectivity index (χ3v) is 6.13. The average Bonchev–Trinajstić information content (AvgIpc) is 2.95. The SMILES string of the molecule is CCNC(=NCCCS(=O)(=O)c1ccccc1)N(C)Cc1cc(Cl)cn1C. The summed E-state index contributed by atoms with van der Waals surface area (Å²) < 4.78 is 26.6. The van der Waals surface area contributed by atoms with E-state index >= 15 is 0 Å². The zero-order valence-corrected chi connectivity index (χ0v) is 17.6. The fourth-order valence-electron chi connectivity index (χ4n) is 2.70. The highest BCUT2D eigenvalue weighted by atomic mass is 35.5. The van der Waals surface area contributed by atoms with Crippen molar-refractivity contribution in [2.75, 3.05) is 25.9 Å². The summed E-state index contributed by atoms with van der Waals surface area (Å²) in [6.07, 6.45) is 2.33. The maximum Gasteiger partial charge on any atom is 0.194 e. The van der Waals surface area contributed by atoms with Crippen molar-refractivity contribution in [3.63, 3.8) is 0 Å². The number of aryl methyl sites for hydroxylation is 1. The molecule has 1 heterocycles. The second kappa shape index (κ2) is 9.80. The lowest BCUT2D eigenvalue weighted by atomic mass is 10.4. The number of nitrogens with zero attached hydrogens (tertiary/aromatic N) is 3. The second-order valence-electron chi connectivity index (χ2n) is 6.34. The quantitative estimate of drug-likeness (QED) is 0.412. The van der Waals surface area contributed by atoms with Gasteiger partial charge in [-0.25, -0.2) is 8.42 Å². The molecule has 0 saturated heterocycles. The van der Waals surface area contributed by atoms with Gasteiger partial charge in [0.05, 0.1) is 22.2 Å². The van der Waals surface area contributed by atoms with Gasteiger partial charge < -0.3 is 14.8 Å². The molecule has 148 valence electrons. The van der Waals surface area contributed by atoms with Crippen molar-refractivity contribution in [1.29, 1.82) is 0 Å². The van der Waals surface area contributed by atoms with E-state index in [1.54, 1.807) is 24.3 Å². The van der Waals surface area contributed by atoms with Crippen LogP contribution in [-0.4, -0.2) is 49.7 Å². The van der Waals surface area contributed by atoms with Crippen molar-refractivity contribution < 1.29 is 8.42 Å². The van der Waals surface area contributed by atoms with Gasteiger partial charge in [0.2, 0.25) is 0 Å². The molecule has 0 aliphatic carbocycles. The van der Waals surface area contributed by atoms with Crippen LogP contribution in [0.15, 0.2) is 52.5 Å². The largest absolute Gasteiger partial charge is 0.357 e. The maximum atomic E-state index is 12.3. The summed E-state index contributed by atoms with van der Waals surface area (Å²) in [6.45, 7) is 3.83. The van der Waals surface area contributed by atoms with Crippen LogP contribution in [0.3, 0.4) is 0 Å². The highest BCUT2D eigenvalue weighted by molar-refractivity contribution is 7.91. The summed E-state index contributed by atoms with van der Waals surface area (Å²) in [7, 11) is 0.636. The first-order valence-corrected chi connectivity index (χ1v) is 10.9. The van der Waals surface area contributed by atoms with Gasteiger partial charge in [-0.3, -0.25) is 4.99 Å². The molecule has 6 nitrogen and oxygen atoms in total. The Kier molecular flexibility index (Phi) is 7.74. The number of guanidine groups is 1. The number of nitrogens with one attached hydrogen (secondary N) is 1. The van der Waals surface area contributed by atoms with Crippen molar-refractivity contribution in [3.05, 3.63) is 53.3 Å². The lowest BCUT2D eigenvalue weighted by Crippen LogP contribution is -2.39. The molecule has 0 amide bonds. The van der Waals surface area contributed by atoms with E-state index in [2.05, 4.69) is 10.3 Å². The van der Waals surface area contributed by atoms with Crippen molar-refractivity contribution >= 4 is 27.4 Å². The van der Waals surface area contributed by atoms with Crippen LogP contribution in [0.5, 0.6) is 0 Å². The molecular formula is C19H27ClN4O2S. The van der Waals surface area contributed by atoms with Gasteiger partial charge in [0, 0.05) is 39.1 Å². The Morgan fingerprint density at radius 3 is 2.59 bits per heavy atom. The Bertz CT molecular complexity index is 863. The van der Waals surface area contributed by atoms with Crippen molar-refractivity contribution in [1.82, 2.24) is 14.8 Å². The van der Waals surface area contributed by atoms with Gasteiger partial charge in [-0.05, 0) is 31.5 Å². The number of aromatic nitrogens is 1. The molecule has 2 rings (SSSR count). The fraction of sp³-hybridized carbons (Fsp3) is 0.421. The number of sulfone groups is 1. The summed E-state index contributed by atoms with van der Waals surface area (Å²) in [5.41, 5.74) is 1.07. The molecule has 0 aliphatic rings. The first-order chi connectivity index (χ1) is 12.8. The van der Waals surface area contributed by atoms with E-state index in [-0.39, 0.29) is 5.75 Å². The predicted octanol–water partition coefficient (Wildman–Crippen LogP) is 2.94. The standard InChI is InChI=1S/C19H27ClN4O2S/c1-4-21-19(24(3)15-17-13-16(20)14-23(17)2)22-11-8-12-27(25,26)18-9-6-5-7-10-18/h5-7,9-10,13-14H,4,8,11-12,15H2,1-3H3,(H,21,22). The van der Waals surface area contributed by atoms with Crippen LogP contribution in [0.2, 0.25) is 5.02 Å². The molecular weight excluding hydrogens is 384 g/mol. The average molecular weight is 411 g/mol. The van der Waals surface area contributed by atoms with Gasteiger partial charge >= 0.3 is 0 Å². The highest BCUT2D eigenvalue weighted by Gasteiger charge is 2.14. The third kappa shape index (κ3) is 6.29. The molecule has 0 spiro atoms. The van der Waals surface area contributed by atoms with E-state index in [9.17, 15) is 8.42 Å². The molecule has 8 heteroatoms. The molecule has 1 aromatic heterocycles. The monoisotopic (exact) mass is 410 g/mol. The molecule has 0 unspecified atom stereocenters. The van der Waals surface area contributed by atoms with Gasteiger partial charge in [-0.2, -0.15) is 0 Å². The van der Waals surface area contributed by atoms with Gasteiger partial charge in [0.25, 0.3) is 0 Å². The Morgan fingerprint density at radius 1 is 1.30 bits per heavy atom. The van der Waals surface area contributed by atoms with Gasteiger partial charge in [0.1, 0.15) is 0 Å². The number of benzene rings is 1. The van der Waals surface area contributed by atoms with E-state index in [1.807, 2.05) is 48.8 Å². The summed E-state index contributed by atoms with van der Waals surface area (Å²) >= 11 is 6.04. The minimum absolute atomic E-state index is 0.0804. The Hall–Kier alpha value is -1.99. The molecule has 1 aromatic carbocycles. The van der Waals surface area contributed by atoms with Gasteiger partial charge in [0.15, 0.2) is 15.8 Å². The van der Waals surface area contributed by atoms with E-state index in [1.165, 1.54) is 0 Å². The normalized spacial score (nSPS) is 12.2. The second-order valence-corrected chi connectivity index (χ2v) is 8.88. The molecule has 0 saturated carbocycles. The zero-order chi connectivity index (χ0) is 19.9. The van der Waals surface area contributed by atoms with Crippen LogP contribution in [0.4, 0.5) is 0 Å².